The predicted octanol–water partition coefficient (Wildman–Crippen LogP) is 7.16. The van der Waals surface area contributed by atoms with Gasteiger partial charge in [-0.2, -0.15) is 0 Å². The van der Waals surface area contributed by atoms with Crippen LogP contribution in [0.1, 0.15) is 137 Å². The number of aliphatic hydroxyl groups is 1. The molecule has 12 heteroatoms. The number of hydrogen-bond acceptors (Lipinski definition) is 12. The Morgan fingerprint density at radius 3 is 2.24 bits per heavy atom. The van der Waals surface area contributed by atoms with Crippen LogP contribution in [0.2, 0.25) is 0 Å². The normalized spacial score (nSPS) is 53.9. The predicted molar refractivity (Wildman–Crippen MR) is 228 cm³/mol. The van der Waals surface area contributed by atoms with Crippen LogP contribution in [-0.4, -0.2) is 132 Å². The van der Waals surface area contributed by atoms with Gasteiger partial charge in [0.25, 0.3) is 0 Å². The van der Waals surface area contributed by atoms with Crippen LogP contribution in [0, 0.1) is 11.8 Å². The third-order valence-electron chi connectivity index (χ3n) is 16.5. The molecule has 346 valence electrons. The van der Waals surface area contributed by atoms with Gasteiger partial charge in [0.05, 0.1) is 103 Å². The Hall–Kier alpha value is -1.71. The maximum absolute atomic E-state index is 12.3. The zero-order valence-electron chi connectivity index (χ0n) is 37.8. The largest absolute Gasteiger partial charge is 0.459 e. The zero-order chi connectivity index (χ0) is 42.9. The summed E-state index contributed by atoms with van der Waals surface area (Å²) in [4.78, 5) is 12.3. The quantitative estimate of drug-likeness (QED) is 0.228. The van der Waals surface area contributed by atoms with Crippen molar-refractivity contribution in [2.75, 3.05) is 0 Å². The first kappa shape index (κ1) is 44.1. The second-order valence-electron chi connectivity index (χ2n) is 21.5. The van der Waals surface area contributed by atoms with E-state index in [1.54, 1.807) is 0 Å². The van der Waals surface area contributed by atoms with E-state index >= 15 is 0 Å². The average Bonchev–Trinajstić information content (AvgIpc) is 3.52. The van der Waals surface area contributed by atoms with Crippen LogP contribution >= 0.6 is 0 Å². The van der Waals surface area contributed by atoms with Crippen molar-refractivity contribution in [2.24, 2.45) is 11.8 Å². The fraction of sp³-hybridized carbons (Fsp3) is 0.860. The van der Waals surface area contributed by atoms with Crippen molar-refractivity contribution in [3.05, 3.63) is 36.5 Å². The first-order chi connectivity index (χ1) is 29.8. The molecule has 0 aromatic rings. The zero-order valence-corrected chi connectivity index (χ0v) is 37.8. The molecule has 12 nitrogen and oxygen atoms in total. The molecule has 9 unspecified atom stereocenters. The number of rotatable bonds is 3. The maximum atomic E-state index is 12.3. The van der Waals surface area contributed by atoms with Gasteiger partial charge in [0.1, 0.15) is 24.4 Å². The molecule has 10 rings (SSSR count). The summed E-state index contributed by atoms with van der Waals surface area (Å²) in [5.74, 6) is 0.363. The molecule has 62 heavy (non-hydrogen) atoms. The minimum Gasteiger partial charge on any atom is -0.459 e. The summed E-state index contributed by atoms with van der Waals surface area (Å²) in [6.45, 7) is 15.2. The molecule has 8 fully saturated rings. The second kappa shape index (κ2) is 17.8. The summed E-state index contributed by atoms with van der Waals surface area (Å²) in [7, 11) is 0. The van der Waals surface area contributed by atoms with E-state index in [2.05, 4.69) is 65.5 Å². The number of aliphatic hydroxyl groups excluding tert-OH is 1. The van der Waals surface area contributed by atoms with Crippen LogP contribution in [0.25, 0.3) is 0 Å². The Morgan fingerprint density at radius 1 is 0.677 bits per heavy atom. The molecule has 0 radical (unpaired) electrons. The Kier molecular flexibility index (Phi) is 12.7. The molecule has 0 saturated carbocycles. The third-order valence-corrected chi connectivity index (χ3v) is 16.5. The Labute approximate surface area is 369 Å². The van der Waals surface area contributed by atoms with Gasteiger partial charge in [-0.05, 0) is 96.3 Å². The smallest absolute Gasteiger partial charge is 0.308 e. The third kappa shape index (κ3) is 8.82. The molecule has 0 spiro atoms. The molecule has 0 aromatic heterocycles. The molecule has 0 aromatic carbocycles. The molecular weight excluding hydrogens is 793 g/mol. The molecule has 22 atom stereocenters. The van der Waals surface area contributed by atoms with Crippen LogP contribution in [0.5, 0.6) is 0 Å². The van der Waals surface area contributed by atoms with Gasteiger partial charge >= 0.3 is 5.97 Å². The average molecular weight is 867 g/mol. The van der Waals surface area contributed by atoms with E-state index in [0.717, 1.165) is 76.2 Å². The highest BCUT2D eigenvalue weighted by molar-refractivity contribution is 5.72. The van der Waals surface area contributed by atoms with Crippen molar-refractivity contribution >= 4 is 5.97 Å². The Bertz CT molecular complexity index is 1690. The lowest BCUT2D eigenvalue weighted by molar-refractivity contribution is -0.316. The SMILES string of the molecule is C=C(CC)C[C@@H]1C[C@H](O)[C@@H]2O[C@@H]3C[C@]4(C)O[C@@H]5/C=C\C[C@@H]6O[C@H]7C(C/C=C\CC6OC5CCCC4OC3CC2O1)OC1CC2OC3CC(=O)O[C@H]3C[C@@H](C)C[C@@]2(C)O[C@H]1C[C@@H]7C. The van der Waals surface area contributed by atoms with Crippen molar-refractivity contribution in [1.82, 2.24) is 0 Å². The van der Waals surface area contributed by atoms with Gasteiger partial charge in [0, 0.05) is 25.7 Å². The van der Waals surface area contributed by atoms with Gasteiger partial charge < -0.3 is 52.5 Å². The lowest BCUT2D eigenvalue weighted by atomic mass is 9.78. The summed E-state index contributed by atoms with van der Waals surface area (Å²) >= 11 is 0. The van der Waals surface area contributed by atoms with Gasteiger partial charge in [-0.15, -0.1) is 0 Å². The van der Waals surface area contributed by atoms with E-state index in [9.17, 15) is 9.90 Å². The van der Waals surface area contributed by atoms with E-state index in [-0.39, 0.29) is 116 Å². The number of carbonyl (C=O) groups is 1. The number of fused-ring (bicyclic) bond motifs is 9. The van der Waals surface area contributed by atoms with E-state index in [0.29, 0.717) is 38.0 Å². The molecule has 10 heterocycles. The lowest BCUT2D eigenvalue weighted by Crippen LogP contribution is -2.65. The van der Waals surface area contributed by atoms with Crippen LogP contribution < -0.4 is 0 Å². The highest BCUT2D eigenvalue weighted by Gasteiger charge is 2.57. The summed E-state index contributed by atoms with van der Waals surface area (Å²) in [5.41, 5.74) is 0.0902. The van der Waals surface area contributed by atoms with Gasteiger partial charge in [0.2, 0.25) is 0 Å². The fourth-order valence-corrected chi connectivity index (χ4v) is 13.3. The van der Waals surface area contributed by atoms with Gasteiger partial charge in [-0.25, -0.2) is 0 Å². The van der Waals surface area contributed by atoms with Crippen molar-refractivity contribution in [2.45, 2.75) is 258 Å². The molecule has 10 aliphatic rings. The monoisotopic (exact) mass is 867 g/mol. The summed E-state index contributed by atoms with van der Waals surface area (Å²) in [6, 6.07) is 0. The first-order valence-electron chi connectivity index (χ1n) is 24.6. The van der Waals surface area contributed by atoms with Crippen LogP contribution in [0.15, 0.2) is 36.5 Å². The molecule has 1 N–H and O–H groups in total. The molecular formula is C50H74O12. The second-order valence-corrected chi connectivity index (χ2v) is 21.5. The summed E-state index contributed by atoms with van der Waals surface area (Å²) in [5, 5.41) is 11.3. The standard InChI is InChI=1S/C50H74O12/c1-7-27(2)18-30-21-31(51)48-42(53-30)22-38-43(60-48)26-50(6)44(56-38)17-11-15-34-35(61-50)16-10-14-33-32(54-34)12-8-9-13-36-47(59-33)29(4)20-41-39(55-36)23-45-49(5,62-41)25-28(3)19-37-40(57-45)24-46(52)58-37/h8-10,16,28-45,47-48,51H,2,7,11-15,17-26H2,1,3-6H3/b9-8-,16-10-/t28-,29+,30-,31+,32?,33+,34?,35-,36?,37+,38?,39?,40?,41+,42?,43-,44?,45?,47-,48+,49-,50+/m1/s1. The highest BCUT2D eigenvalue weighted by atomic mass is 16.6. The Morgan fingerprint density at radius 2 is 1.40 bits per heavy atom. The van der Waals surface area contributed by atoms with Crippen LogP contribution in [0.4, 0.5) is 0 Å². The van der Waals surface area contributed by atoms with Crippen LogP contribution in [-0.2, 0) is 52.2 Å². The van der Waals surface area contributed by atoms with E-state index in [1.807, 2.05) is 0 Å². The maximum Gasteiger partial charge on any atom is 0.308 e. The molecule has 0 amide bonds. The van der Waals surface area contributed by atoms with Gasteiger partial charge in [-0.3, -0.25) is 4.79 Å². The molecule has 0 bridgehead atoms. The Balaban J connectivity index is 0.816. The fourth-order valence-electron chi connectivity index (χ4n) is 13.3. The molecule has 8 saturated heterocycles. The first-order valence-corrected chi connectivity index (χ1v) is 24.6. The topological polar surface area (TPSA) is 130 Å². The van der Waals surface area contributed by atoms with Crippen LogP contribution in [0.3, 0.4) is 0 Å². The van der Waals surface area contributed by atoms with Gasteiger partial charge in [-0.1, -0.05) is 57.2 Å². The number of hydrogen-bond donors (Lipinski definition) is 1. The highest BCUT2D eigenvalue weighted by Crippen LogP contribution is 2.48. The van der Waals surface area contributed by atoms with Gasteiger partial charge in [0.15, 0.2) is 0 Å². The number of ether oxygens (including phenoxy) is 10. The molecule has 0 aliphatic carbocycles. The molecule has 10 aliphatic heterocycles. The van der Waals surface area contributed by atoms with E-state index in [4.69, 9.17) is 47.4 Å². The van der Waals surface area contributed by atoms with Crippen molar-refractivity contribution < 1.29 is 57.3 Å². The minimum atomic E-state index is -0.584. The summed E-state index contributed by atoms with van der Waals surface area (Å²) < 4.78 is 68.5. The number of carbonyl (C=O) groups excluding carboxylic acids is 1. The summed E-state index contributed by atoms with van der Waals surface area (Å²) in [6.07, 6.45) is 17.7. The van der Waals surface area contributed by atoms with Crippen molar-refractivity contribution in [3.63, 3.8) is 0 Å². The lowest BCUT2D eigenvalue weighted by Gasteiger charge is -2.55. The van der Waals surface area contributed by atoms with E-state index in [1.165, 1.54) is 0 Å². The number of esters is 1. The van der Waals surface area contributed by atoms with E-state index < -0.39 is 17.3 Å². The minimum absolute atomic E-state index is 0.0403. The van der Waals surface area contributed by atoms with Crippen molar-refractivity contribution in [3.8, 4) is 0 Å². The van der Waals surface area contributed by atoms with Crippen molar-refractivity contribution in [1.29, 1.82) is 0 Å².